The summed E-state index contributed by atoms with van der Waals surface area (Å²) in [7, 11) is 1.19. The number of esters is 1. The van der Waals surface area contributed by atoms with Gasteiger partial charge in [-0.1, -0.05) is 74.9 Å². The van der Waals surface area contributed by atoms with Crippen LogP contribution in [-0.2, 0) is 31.7 Å². The first-order valence-corrected chi connectivity index (χ1v) is 18.4. The fraction of sp³-hybridized carbons (Fsp3) is 0.528. The second-order valence-electron chi connectivity index (χ2n) is 13.2. The highest BCUT2D eigenvalue weighted by atomic mass is 28.4. The first-order chi connectivity index (χ1) is 20.0. The summed E-state index contributed by atoms with van der Waals surface area (Å²) in [5.41, 5.74) is 6.68. The molecule has 0 aliphatic heterocycles. The molecule has 3 atom stereocenters. The number of carbonyl (C=O) groups is 1. The summed E-state index contributed by atoms with van der Waals surface area (Å²) in [4.78, 5) is 11.4. The molecule has 0 heterocycles. The molecule has 2 aromatic rings. The smallest absolute Gasteiger partial charge is 0.305 e. The number of benzene rings is 2. The number of methoxy groups -OCH3 is 2. The number of ether oxygens (including phenoxy) is 3. The van der Waals surface area contributed by atoms with Gasteiger partial charge in [0.05, 0.1) is 33.0 Å². The molecule has 5 nitrogen and oxygen atoms in total. The van der Waals surface area contributed by atoms with Gasteiger partial charge in [-0.2, -0.15) is 0 Å². The van der Waals surface area contributed by atoms with Gasteiger partial charge >= 0.3 is 5.97 Å². The van der Waals surface area contributed by atoms with E-state index in [0.717, 1.165) is 49.8 Å². The molecule has 0 bridgehead atoms. The largest absolute Gasteiger partial charge is 0.497 e. The number of unbranched alkanes of at least 4 members (excludes halogenated alkanes) is 1. The van der Waals surface area contributed by atoms with Crippen molar-refractivity contribution in [3.8, 4) is 5.75 Å². The predicted molar refractivity (Wildman–Crippen MR) is 172 cm³/mol. The molecule has 0 amide bonds. The van der Waals surface area contributed by atoms with E-state index in [1.807, 2.05) is 12.1 Å². The second-order valence-corrected chi connectivity index (χ2v) is 18.0. The Balaban J connectivity index is 1.47. The lowest BCUT2D eigenvalue weighted by molar-refractivity contribution is -0.140. The maximum Gasteiger partial charge on any atom is 0.305 e. The zero-order valence-electron chi connectivity index (χ0n) is 26.7. The van der Waals surface area contributed by atoms with Gasteiger partial charge in [-0.3, -0.25) is 4.79 Å². The molecule has 0 N–H and O–H groups in total. The molecular weight excluding hydrogens is 540 g/mol. The standard InChI is InChI=1S/C36H50O5Si/c1-36(2,3)42(6,7)41-33-23-17-27(12-10-8-9-11-13-34(37)39-5)35(33)29-16-21-31-28(24-29)18-22-32(31)40-25-26-14-19-30(38-4)20-15-26/h8,10,14-17,19-21,24,32-33,35H,9,11-13,18,22-23,25H2,1-7H3/t32?,33-,35-/m1/s1. The summed E-state index contributed by atoms with van der Waals surface area (Å²) in [6.45, 7) is 12.3. The van der Waals surface area contributed by atoms with Crippen LogP contribution < -0.4 is 4.74 Å². The van der Waals surface area contributed by atoms with Crippen molar-refractivity contribution in [2.24, 2.45) is 0 Å². The molecule has 0 fully saturated rings. The minimum Gasteiger partial charge on any atom is -0.497 e. The number of rotatable bonds is 13. The lowest BCUT2D eigenvalue weighted by atomic mass is 9.87. The van der Waals surface area contributed by atoms with Crippen LogP contribution in [0.2, 0.25) is 18.1 Å². The van der Waals surface area contributed by atoms with Gasteiger partial charge in [0.25, 0.3) is 0 Å². The molecule has 0 spiro atoms. The summed E-state index contributed by atoms with van der Waals surface area (Å²) < 4.78 is 23.5. The highest BCUT2D eigenvalue weighted by Gasteiger charge is 2.43. The summed E-state index contributed by atoms with van der Waals surface area (Å²) in [6.07, 6.45) is 13.2. The quantitative estimate of drug-likeness (QED) is 0.101. The van der Waals surface area contributed by atoms with Gasteiger partial charge < -0.3 is 18.6 Å². The topological polar surface area (TPSA) is 54.0 Å². The van der Waals surface area contributed by atoms with Crippen molar-refractivity contribution in [3.05, 3.63) is 88.5 Å². The van der Waals surface area contributed by atoms with E-state index in [1.165, 1.54) is 29.4 Å². The second kappa shape index (κ2) is 14.2. The minimum atomic E-state index is -1.94. The fourth-order valence-corrected chi connectivity index (χ4v) is 7.11. The molecule has 0 aromatic heterocycles. The zero-order chi connectivity index (χ0) is 30.3. The lowest BCUT2D eigenvalue weighted by Gasteiger charge is -2.40. The highest BCUT2D eigenvalue weighted by molar-refractivity contribution is 6.74. The first kappa shape index (κ1) is 32.2. The number of hydrogen-bond acceptors (Lipinski definition) is 5. The van der Waals surface area contributed by atoms with Gasteiger partial charge in [-0.25, -0.2) is 0 Å². The molecule has 2 aromatic carbocycles. The van der Waals surface area contributed by atoms with Crippen LogP contribution in [0.5, 0.6) is 5.75 Å². The van der Waals surface area contributed by atoms with Crippen molar-refractivity contribution in [2.45, 2.75) is 109 Å². The number of aryl methyl sites for hydroxylation is 1. The first-order valence-electron chi connectivity index (χ1n) is 15.5. The molecule has 228 valence electrons. The molecule has 2 aliphatic rings. The van der Waals surface area contributed by atoms with Gasteiger partial charge in [-0.05, 0) is 91.0 Å². The van der Waals surface area contributed by atoms with Crippen molar-refractivity contribution in [3.63, 3.8) is 0 Å². The zero-order valence-corrected chi connectivity index (χ0v) is 27.7. The number of allylic oxidation sites excluding steroid dienone is 2. The van der Waals surface area contributed by atoms with Gasteiger partial charge in [-0.15, -0.1) is 0 Å². The van der Waals surface area contributed by atoms with E-state index in [9.17, 15) is 4.79 Å². The normalized spacial score (nSPS) is 20.5. The molecular formula is C36H50O5Si. The third kappa shape index (κ3) is 8.03. The Morgan fingerprint density at radius 1 is 1.05 bits per heavy atom. The van der Waals surface area contributed by atoms with Crippen LogP contribution in [-0.4, -0.2) is 34.6 Å². The highest BCUT2D eigenvalue weighted by Crippen LogP contribution is 2.46. The van der Waals surface area contributed by atoms with Crippen molar-refractivity contribution in [2.75, 3.05) is 14.2 Å². The Hall–Kier alpha value is -2.67. The van der Waals surface area contributed by atoms with Crippen molar-refractivity contribution >= 4 is 14.3 Å². The fourth-order valence-electron chi connectivity index (χ4n) is 5.77. The SMILES string of the molecule is COC(=O)CCCC=CCC1=CC[C@@H](O[Si](C)(C)C(C)(C)C)[C@H]1c1ccc2c(c1)CCC2OCc1ccc(OC)cc1. The van der Waals surface area contributed by atoms with Crippen LogP contribution in [0.3, 0.4) is 0 Å². The Kier molecular flexibility index (Phi) is 10.9. The van der Waals surface area contributed by atoms with Gasteiger partial charge in [0.2, 0.25) is 0 Å². The predicted octanol–water partition coefficient (Wildman–Crippen LogP) is 8.99. The molecule has 0 radical (unpaired) electrons. The Morgan fingerprint density at radius 3 is 2.50 bits per heavy atom. The Labute approximate surface area is 254 Å². The van der Waals surface area contributed by atoms with Gasteiger partial charge in [0, 0.05) is 12.3 Å². The molecule has 4 rings (SSSR count). The maximum absolute atomic E-state index is 11.4. The molecule has 2 aliphatic carbocycles. The van der Waals surface area contributed by atoms with E-state index in [0.29, 0.717) is 13.0 Å². The maximum atomic E-state index is 11.4. The molecule has 42 heavy (non-hydrogen) atoms. The lowest BCUT2D eigenvalue weighted by Crippen LogP contribution is -2.44. The Morgan fingerprint density at radius 2 is 1.81 bits per heavy atom. The Bertz CT molecular complexity index is 1250. The van der Waals surface area contributed by atoms with Crippen LogP contribution in [0.15, 0.2) is 66.3 Å². The molecule has 0 saturated heterocycles. The monoisotopic (exact) mass is 590 g/mol. The molecule has 0 saturated carbocycles. The third-order valence-electron chi connectivity index (χ3n) is 9.29. The van der Waals surface area contributed by atoms with Crippen LogP contribution >= 0.6 is 0 Å². The number of fused-ring (bicyclic) bond motifs is 1. The number of carbonyl (C=O) groups excluding carboxylic acids is 1. The molecule has 6 heteroatoms. The van der Waals surface area contributed by atoms with Crippen LogP contribution in [0.4, 0.5) is 0 Å². The van der Waals surface area contributed by atoms with E-state index in [2.05, 4.69) is 82.4 Å². The van der Waals surface area contributed by atoms with E-state index in [4.69, 9.17) is 18.6 Å². The van der Waals surface area contributed by atoms with Crippen LogP contribution in [0, 0.1) is 0 Å². The van der Waals surface area contributed by atoms with Crippen LogP contribution in [0.25, 0.3) is 0 Å². The summed E-state index contributed by atoms with van der Waals surface area (Å²) >= 11 is 0. The van der Waals surface area contributed by atoms with Gasteiger partial charge in [0.15, 0.2) is 8.32 Å². The van der Waals surface area contributed by atoms with Crippen LogP contribution in [0.1, 0.15) is 93.6 Å². The van der Waals surface area contributed by atoms with E-state index in [-0.39, 0.29) is 29.1 Å². The van der Waals surface area contributed by atoms with Gasteiger partial charge in [0.1, 0.15) is 5.75 Å². The van der Waals surface area contributed by atoms with E-state index in [1.54, 1.807) is 7.11 Å². The van der Waals surface area contributed by atoms with Crippen molar-refractivity contribution < 1.29 is 23.4 Å². The van der Waals surface area contributed by atoms with Crippen molar-refractivity contribution in [1.29, 1.82) is 0 Å². The number of hydrogen-bond donors (Lipinski definition) is 0. The molecule has 1 unspecified atom stereocenters. The third-order valence-corrected chi connectivity index (χ3v) is 13.8. The minimum absolute atomic E-state index is 0.127. The average Bonchev–Trinajstić information content (AvgIpc) is 3.55. The summed E-state index contributed by atoms with van der Waals surface area (Å²) in [5, 5.41) is 0.159. The van der Waals surface area contributed by atoms with E-state index >= 15 is 0 Å². The summed E-state index contributed by atoms with van der Waals surface area (Å²) in [5.74, 6) is 0.976. The van der Waals surface area contributed by atoms with Crippen molar-refractivity contribution in [1.82, 2.24) is 0 Å². The van der Waals surface area contributed by atoms with E-state index < -0.39 is 8.32 Å². The average molecular weight is 591 g/mol. The summed E-state index contributed by atoms with van der Waals surface area (Å²) in [6, 6.07) is 15.2.